The molecule has 2 heterocycles. The Morgan fingerprint density at radius 1 is 1.71 bits per heavy atom. The first-order valence-corrected chi connectivity index (χ1v) is 6.14. The molecular weight excluding hydrogens is 242 g/mol. The predicted octanol–water partition coefficient (Wildman–Crippen LogP) is 0.737. The molecule has 0 saturated carbocycles. The van der Waals surface area contributed by atoms with Gasteiger partial charge in [-0.15, -0.1) is 0 Å². The number of hydrogen-bond acceptors (Lipinski definition) is 7. The van der Waals surface area contributed by atoms with Crippen LogP contribution in [0.15, 0.2) is 0 Å². The first-order chi connectivity index (χ1) is 8.11. The van der Waals surface area contributed by atoms with Crippen LogP contribution in [0, 0.1) is 0 Å². The lowest BCUT2D eigenvalue weighted by atomic mass is 10.3. The molecular formula is C10H15N3O3S. The van der Waals surface area contributed by atoms with Gasteiger partial charge in [-0.2, -0.15) is 0 Å². The van der Waals surface area contributed by atoms with Crippen molar-refractivity contribution in [1.82, 2.24) is 4.98 Å². The third kappa shape index (κ3) is 2.50. The number of methoxy groups -OCH3 is 1. The van der Waals surface area contributed by atoms with Crippen molar-refractivity contribution in [3.05, 3.63) is 4.88 Å². The summed E-state index contributed by atoms with van der Waals surface area (Å²) in [5, 5.41) is 0.748. The maximum absolute atomic E-state index is 11.4. The van der Waals surface area contributed by atoms with E-state index in [2.05, 4.69) is 14.6 Å². The van der Waals surface area contributed by atoms with Crippen molar-refractivity contribution in [2.24, 2.45) is 0 Å². The maximum atomic E-state index is 11.4. The lowest BCUT2D eigenvalue weighted by molar-refractivity contribution is 0.0532. The lowest BCUT2D eigenvalue weighted by Crippen LogP contribution is -2.41. The second-order valence-corrected chi connectivity index (χ2v) is 4.81. The van der Waals surface area contributed by atoms with Crippen molar-refractivity contribution in [3.63, 3.8) is 0 Å². The van der Waals surface area contributed by atoms with Gasteiger partial charge in [-0.05, 0) is 6.92 Å². The van der Waals surface area contributed by atoms with Gasteiger partial charge >= 0.3 is 5.97 Å². The zero-order valence-corrected chi connectivity index (χ0v) is 10.6. The SMILES string of the molecule is COC(=O)c1sc(N2CCOC(C)C2)nc1N. The Morgan fingerprint density at radius 3 is 3.12 bits per heavy atom. The van der Waals surface area contributed by atoms with E-state index in [1.807, 2.05) is 6.92 Å². The molecule has 1 aromatic heterocycles. The summed E-state index contributed by atoms with van der Waals surface area (Å²) < 4.78 is 10.1. The number of carbonyl (C=O) groups excluding carboxylic acids is 1. The standard InChI is InChI=1S/C10H15N3O3S/c1-6-5-13(3-4-16-6)10-12-8(11)7(17-10)9(14)15-2/h6H,3-5,11H2,1-2H3. The molecule has 1 unspecified atom stereocenters. The Balaban J connectivity index is 2.19. The van der Waals surface area contributed by atoms with Crippen LogP contribution in [-0.2, 0) is 9.47 Å². The van der Waals surface area contributed by atoms with Gasteiger partial charge in [-0.3, -0.25) is 0 Å². The number of hydrogen-bond donors (Lipinski definition) is 1. The Kier molecular flexibility index (Phi) is 3.49. The van der Waals surface area contributed by atoms with Crippen molar-refractivity contribution < 1.29 is 14.3 Å². The third-order valence-electron chi connectivity index (χ3n) is 2.52. The van der Waals surface area contributed by atoms with Gasteiger partial charge in [0.15, 0.2) is 15.8 Å². The summed E-state index contributed by atoms with van der Waals surface area (Å²) in [4.78, 5) is 18.1. The molecule has 1 saturated heterocycles. The fraction of sp³-hybridized carbons (Fsp3) is 0.600. The Morgan fingerprint density at radius 2 is 2.47 bits per heavy atom. The molecule has 0 radical (unpaired) electrons. The Hall–Kier alpha value is -1.34. The molecule has 94 valence electrons. The van der Waals surface area contributed by atoms with Gasteiger partial charge in [0, 0.05) is 13.1 Å². The van der Waals surface area contributed by atoms with Crippen molar-refractivity contribution in [2.45, 2.75) is 13.0 Å². The molecule has 0 aliphatic carbocycles. The molecule has 17 heavy (non-hydrogen) atoms. The van der Waals surface area contributed by atoms with E-state index in [9.17, 15) is 4.79 Å². The molecule has 0 bridgehead atoms. The number of morpholine rings is 1. The van der Waals surface area contributed by atoms with Gasteiger partial charge in [0.25, 0.3) is 0 Å². The van der Waals surface area contributed by atoms with Gasteiger partial charge in [-0.1, -0.05) is 11.3 Å². The molecule has 1 aliphatic rings. The largest absolute Gasteiger partial charge is 0.465 e. The highest BCUT2D eigenvalue weighted by atomic mass is 32.1. The third-order valence-corrected chi connectivity index (χ3v) is 3.64. The maximum Gasteiger partial charge on any atom is 0.351 e. The number of ether oxygens (including phenoxy) is 2. The van der Waals surface area contributed by atoms with Crippen LogP contribution in [0.1, 0.15) is 16.6 Å². The second-order valence-electron chi connectivity index (χ2n) is 3.83. The van der Waals surface area contributed by atoms with Crippen molar-refractivity contribution >= 4 is 28.3 Å². The number of aromatic nitrogens is 1. The molecule has 1 aromatic rings. The minimum absolute atomic E-state index is 0.162. The monoisotopic (exact) mass is 257 g/mol. The number of nitrogen functional groups attached to an aromatic ring is 1. The number of nitrogens with zero attached hydrogens (tertiary/aromatic N) is 2. The normalized spacial score (nSPS) is 20.4. The first-order valence-electron chi connectivity index (χ1n) is 5.33. The van der Waals surface area contributed by atoms with Crippen LogP contribution in [0.2, 0.25) is 0 Å². The number of esters is 1. The molecule has 1 atom stereocenters. The first kappa shape index (κ1) is 12.1. The van der Waals surface area contributed by atoms with Gasteiger partial charge in [0.2, 0.25) is 0 Å². The zero-order chi connectivity index (χ0) is 12.4. The fourth-order valence-corrected chi connectivity index (χ4v) is 2.62. The minimum atomic E-state index is -0.437. The summed E-state index contributed by atoms with van der Waals surface area (Å²) in [6.45, 7) is 4.18. The van der Waals surface area contributed by atoms with Crippen LogP contribution in [0.4, 0.5) is 10.9 Å². The smallest absolute Gasteiger partial charge is 0.351 e. The molecule has 1 aliphatic heterocycles. The van der Waals surface area contributed by atoms with Crippen LogP contribution < -0.4 is 10.6 Å². The van der Waals surface area contributed by atoms with Crippen molar-refractivity contribution in [1.29, 1.82) is 0 Å². The fourth-order valence-electron chi connectivity index (χ4n) is 1.69. The lowest BCUT2D eigenvalue weighted by Gasteiger charge is -2.30. The topological polar surface area (TPSA) is 77.7 Å². The average molecular weight is 257 g/mol. The number of nitrogens with two attached hydrogens (primary N) is 1. The highest BCUT2D eigenvalue weighted by Gasteiger charge is 2.23. The minimum Gasteiger partial charge on any atom is -0.465 e. The van der Waals surface area contributed by atoms with E-state index in [0.717, 1.165) is 18.2 Å². The van der Waals surface area contributed by atoms with Crippen LogP contribution in [-0.4, -0.2) is 43.9 Å². The van der Waals surface area contributed by atoms with Crippen molar-refractivity contribution in [3.8, 4) is 0 Å². The van der Waals surface area contributed by atoms with E-state index in [4.69, 9.17) is 10.5 Å². The van der Waals surface area contributed by atoms with Gasteiger partial charge in [0.1, 0.15) is 0 Å². The zero-order valence-electron chi connectivity index (χ0n) is 9.80. The van der Waals surface area contributed by atoms with Gasteiger partial charge < -0.3 is 20.1 Å². The van der Waals surface area contributed by atoms with Crippen LogP contribution >= 0.6 is 11.3 Å². The molecule has 2 N–H and O–H groups in total. The highest BCUT2D eigenvalue weighted by molar-refractivity contribution is 7.18. The summed E-state index contributed by atoms with van der Waals surface area (Å²) in [6, 6.07) is 0. The molecule has 0 aromatic carbocycles. The Labute approximate surface area is 103 Å². The second kappa shape index (κ2) is 4.89. The number of rotatable bonds is 2. The predicted molar refractivity (Wildman–Crippen MR) is 65.5 cm³/mol. The molecule has 0 amide bonds. The Bertz CT molecular complexity index is 421. The van der Waals surface area contributed by atoms with E-state index in [1.54, 1.807) is 0 Å². The average Bonchev–Trinajstić information content (AvgIpc) is 2.70. The number of thiazole rings is 1. The molecule has 2 rings (SSSR count). The van der Waals surface area contributed by atoms with E-state index < -0.39 is 5.97 Å². The summed E-state index contributed by atoms with van der Waals surface area (Å²) in [5.41, 5.74) is 5.70. The quantitative estimate of drug-likeness (QED) is 0.787. The summed E-state index contributed by atoms with van der Waals surface area (Å²) in [7, 11) is 1.33. The van der Waals surface area contributed by atoms with Gasteiger partial charge in [-0.25, -0.2) is 9.78 Å². The van der Waals surface area contributed by atoms with E-state index in [1.165, 1.54) is 18.4 Å². The van der Waals surface area contributed by atoms with E-state index in [-0.39, 0.29) is 11.9 Å². The van der Waals surface area contributed by atoms with Gasteiger partial charge in [0.05, 0.1) is 19.8 Å². The number of carbonyl (C=O) groups is 1. The molecule has 6 nitrogen and oxygen atoms in total. The summed E-state index contributed by atoms with van der Waals surface area (Å²) >= 11 is 1.26. The van der Waals surface area contributed by atoms with E-state index in [0.29, 0.717) is 11.5 Å². The highest BCUT2D eigenvalue weighted by Crippen LogP contribution is 2.29. The molecule has 1 fully saturated rings. The molecule has 7 heteroatoms. The van der Waals surface area contributed by atoms with Crippen LogP contribution in [0.5, 0.6) is 0 Å². The molecule has 0 spiro atoms. The number of anilines is 2. The van der Waals surface area contributed by atoms with E-state index >= 15 is 0 Å². The van der Waals surface area contributed by atoms with Crippen LogP contribution in [0.3, 0.4) is 0 Å². The van der Waals surface area contributed by atoms with Crippen LogP contribution in [0.25, 0.3) is 0 Å². The summed E-state index contributed by atoms with van der Waals surface area (Å²) in [5.74, 6) is -0.205. The van der Waals surface area contributed by atoms with Crippen molar-refractivity contribution in [2.75, 3.05) is 37.4 Å². The summed E-state index contributed by atoms with van der Waals surface area (Å²) in [6.07, 6.45) is 0.162.